The molecule has 140 valence electrons. The highest BCUT2D eigenvalue weighted by molar-refractivity contribution is 9.10. The minimum absolute atomic E-state index is 0.0524. The average Bonchev–Trinajstić information content (AvgIpc) is 3.11. The van der Waals surface area contributed by atoms with Gasteiger partial charge in [-0.05, 0) is 56.0 Å². The minimum atomic E-state index is -0.0524. The number of hydrazine groups is 1. The lowest BCUT2D eigenvalue weighted by molar-refractivity contribution is 0.0750. The van der Waals surface area contributed by atoms with Gasteiger partial charge < -0.3 is 4.98 Å². The Morgan fingerprint density at radius 2 is 1.81 bits per heavy atom. The number of aryl methyl sites for hydroxylation is 1. The maximum Gasteiger partial charge on any atom is 0.265 e. The molecule has 0 radical (unpaired) electrons. The lowest BCUT2D eigenvalue weighted by Gasteiger charge is -2.26. The molecule has 2 heterocycles. The molecule has 0 aliphatic carbocycles. The molecule has 27 heavy (non-hydrogen) atoms. The fourth-order valence-electron chi connectivity index (χ4n) is 3.50. The molecular weight excluding hydrogens is 404 g/mol. The third-order valence-corrected chi connectivity index (χ3v) is 6.14. The first-order valence-electron chi connectivity index (χ1n) is 9.35. The molecule has 1 amide bonds. The number of carbonyl (C=O) groups excluding carboxylic acids is 1. The van der Waals surface area contributed by atoms with Crippen LogP contribution in [0.5, 0.6) is 0 Å². The predicted molar refractivity (Wildman–Crippen MR) is 112 cm³/mol. The molecule has 0 atom stereocenters. The summed E-state index contributed by atoms with van der Waals surface area (Å²) in [6.45, 7) is 6.03. The molecule has 1 aromatic heterocycles. The smallest absolute Gasteiger partial charge is 0.265 e. The number of aromatic nitrogens is 2. The van der Waals surface area contributed by atoms with Crippen molar-refractivity contribution in [1.29, 1.82) is 0 Å². The maximum atomic E-state index is 12.4. The van der Waals surface area contributed by atoms with E-state index in [9.17, 15) is 4.79 Å². The Morgan fingerprint density at radius 1 is 1.11 bits per heavy atom. The van der Waals surface area contributed by atoms with Crippen molar-refractivity contribution in [2.45, 2.75) is 33.1 Å². The topological polar surface area (TPSA) is 61.0 Å². The van der Waals surface area contributed by atoms with Crippen LogP contribution in [0.3, 0.4) is 0 Å². The zero-order valence-corrected chi connectivity index (χ0v) is 17.2. The number of imidazole rings is 1. The Bertz CT molecular complexity index is 988. The second-order valence-corrected chi connectivity index (χ2v) is 8.01. The van der Waals surface area contributed by atoms with E-state index in [1.165, 1.54) is 17.5 Å². The third-order valence-electron chi connectivity index (χ3n) is 5.32. The first-order valence-corrected chi connectivity index (χ1v) is 10.1. The molecule has 0 spiro atoms. The van der Waals surface area contributed by atoms with E-state index in [2.05, 4.69) is 46.3 Å². The number of nitrogens with zero attached hydrogens (tertiary/aromatic N) is 2. The molecule has 0 saturated carbocycles. The summed E-state index contributed by atoms with van der Waals surface area (Å²) in [6, 6.07) is 9.67. The number of aromatic amines is 1. The SMILES string of the molecule is Cc1c(Br)cc2[nH]c(-c3ccc(C(=O)NN4CCCCC4)cc3)nc2c1C. The molecule has 2 N–H and O–H groups in total. The fraction of sp³-hybridized carbons (Fsp3) is 0.333. The summed E-state index contributed by atoms with van der Waals surface area (Å²) >= 11 is 3.60. The van der Waals surface area contributed by atoms with E-state index in [0.717, 1.165) is 52.8 Å². The molecule has 3 aromatic rings. The molecule has 0 bridgehead atoms. The first-order chi connectivity index (χ1) is 13.0. The van der Waals surface area contributed by atoms with Crippen LogP contribution in [0.15, 0.2) is 34.8 Å². The summed E-state index contributed by atoms with van der Waals surface area (Å²) in [7, 11) is 0. The number of halogens is 1. The van der Waals surface area contributed by atoms with E-state index in [0.29, 0.717) is 5.56 Å². The van der Waals surface area contributed by atoms with Gasteiger partial charge in [0.05, 0.1) is 11.0 Å². The summed E-state index contributed by atoms with van der Waals surface area (Å²) < 4.78 is 1.08. The Balaban J connectivity index is 1.56. The van der Waals surface area contributed by atoms with Crippen molar-refractivity contribution >= 4 is 32.9 Å². The molecule has 1 saturated heterocycles. The van der Waals surface area contributed by atoms with Crippen molar-refractivity contribution in [3.8, 4) is 11.4 Å². The largest absolute Gasteiger partial charge is 0.338 e. The second kappa shape index (κ2) is 7.44. The van der Waals surface area contributed by atoms with Gasteiger partial charge in [-0.15, -0.1) is 0 Å². The zero-order valence-electron chi connectivity index (χ0n) is 15.6. The van der Waals surface area contributed by atoms with E-state index in [1.54, 1.807) is 0 Å². The van der Waals surface area contributed by atoms with Gasteiger partial charge in [0, 0.05) is 28.7 Å². The summed E-state index contributed by atoms with van der Waals surface area (Å²) in [5, 5.41) is 2.02. The standard InChI is InChI=1S/C21H23BrN4O/c1-13-14(2)19-18(12-17(13)22)23-20(24-19)15-6-8-16(9-7-15)21(27)25-26-10-4-3-5-11-26/h6-9,12H,3-5,10-11H2,1-2H3,(H,23,24)(H,25,27). The molecule has 1 aliphatic rings. The maximum absolute atomic E-state index is 12.4. The number of hydrogen-bond donors (Lipinski definition) is 2. The van der Waals surface area contributed by atoms with Gasteiger partial charge in [-0.2, -0.15) is 0 Å². The molecule has 1 aliphatic heterocycles. The number of carbonyl (C=O) groups is 1. The second-order valence-electron chi connectivity index (χ2n) is 7.16. The number of piperidine rings is 1. The van der Waals surface area contributed by atoms with Crippen LogP contribution in [-0.2, 0) is 0 Å². The van der Waals surface area contributed by atoms with Gasteiger partial charge in [-0.1, -0.05) is 34.5 Å². The quantitative estimate of drug-likeness (QED) is 0.635. The van der Waals surface area contributed by atoms with Crippen LogP contribution in [0.2, 0.25) is 0 Å². The van der Waals surface area contributed by atoms with Gasteiger partial charge in [0.15, 0.2) is 0 Å². The molecule has 4 rings (SSSR count). The normalized spacial score (nSPS) is 15.2. The van der Waals surface area contributed by atoms with Crippen LogP contribution in [0.4, 0.5) is 0 Å². The van der Waals surface area contributed by atoms with Crippen LogP contribution in [-0.4, -0.2) is 34.0 Å². The highest BCUT2D eigenvalue weighted by atomic mass is 79.9. The third kappa shape index (κ3) is 3.64. The Kier molecular flexibility index (Phi) is 5.02. The van der Waals surface area contributed by atoms with Crippen LogP contribution < -0.4 is 5.43 Å². The van der Waals surface area contributed by atoms with E-state index in [1.807, 2.05) is 29.3 Å². The number of fused-ring (bicyclic) bond motifs is 1. The van der Waals surface area contributed by atoms with Crippen molar-refractivity contribution in [1.82, 2.24) is 20.4 Å². The van der Waals surface area contributed by atoms with Gasteiger partial charge in [-0.25, -0.2) is 9.99 Å². The minimum Gasteiger partial charge on any atom is -0.338 e. The number of nitrogens with one attached hydrogen (secondary N) is 2. The van der Waals surface area contributed by atoms with Crippen molar-refractivity contribution < 1.29 is 4.79 Å². The molecule has 2 aromatic carbocycles. The van der Waals surface area contributed by atoms with Gasteiger partial charge >= 0.3 is 0 Å². The van der Waals surface area contributed by atoms with Crippen LogP contribution >= 0.6 is 15.9 Å². The summed E-state index contributed by atoms with van der Waals surface area (Å²) in [4.78, 5) is 20.6. The van der Waals surface area contributed by atoms with Crippen LogP contribution in [0.25, 0.3) is 22.4 Å². The van der Waals surface area contributed by atoms with Crippen molar-refractivity contribution in [2.75, 3.05) is 13.1 Å². The molecule has 1 fully saturated rings. The highest BCUT2D eigenvalue weighted by Crippen LogP contribution is 2.29. The van der Waals surface area contributed by atoms with E-state index >= 15 is 0 Å². The Hall–Kier alpha value is -2.18. The Labute approximate surface area is 167 Å². The van der Waals surface area contributed by atoms with Crippen LogP contribution in [0.1, 0.15) is 40.7 Å². The number of hydrogen-bond acceptors (Lipinski definition) is 3. The number of benzene rings is 2. The van der Waals surface area contributed by atoms with Crippen LogP contribution in [0, 0.1) is 13.8 Å². The monoisotopic (exact) mass is 426 g/mol. The number of rotatable bonds is 3. The lowest BCUT2D eigenvalue weighted by Crippen LogP contribution is -2.45. The van der Waals surface area contributed by atoms with Crippen molar-refractivity contribution in [3.05, 3.63) is 51.5 Å². The molecule has 5 nitrogen and oxygen atoms in total. The first kappa shape index (κ1) is 18.2. The van der Waals surface area contributed by atoms with E-state index < -0.39 is 0 Å². The summed E-state index contributed by atoms with van der Waals surface area (Å²) in [5.41, 5.74) is 8.99. The summed E-state index contributed by atoms with van der Waals surface area (Å²) in [6.07, 6.45) is 3.52. The Morgan fingerprint density at radius 3 is 2.52 bits per heavy atom. The van der Waals surface area contributed by atoms with Gasteiger partial charge in [0.25, 0.3) is 5.91 Å². The average molecular weight is 427 g/mol. The molecule has 0 unspecified atom stereocenters. The van der Waals surface area contributed by atoms with Gasteiger partial charge in [0.2, 0.25) is 0 Å². The molecular formula is C21H23BrN4O. The zero-order chi connectivity index (χ0) is 19.0. The van der Waals surface area contributed by atoms with Crippen molar-refractivity contribution in [3.63, 3.8) is 0 Å². The van der Waals surface area contributed by atoms with Gasteiger partial charge in [0.1, 0.15) is 5.82 Å². The van der Waals surface area contributed by atoms with Crippen molar-refractivity contribution in [2.24, 2.45) is 0 Å². The lowest BCUT2D eigenvalue weighted by atomic mass is 10.1. The predicted octanol–water partition coefficient (Wildman–Crippen LogP) is 4.74. The van der Waals surface area contributed by atoms with E-state index in [4.69, 9.17) is 4.98 Å². The fourth-order valence-corrected chi connectivity index (χ4v) is 4.03. The number of H-pyrrole nitrogens is 1. The van der Waals surface area contributed by atoms with Gasteiger partial charge in [-0.3, -0.25) is 10.2 Å². The molecule has 6 heteroatoms. The van der Waals surface area contributed by atoms with E-state index in [-0.39, 0.29) is 5.91 Å². The number of amides is 1. The highest BCUT2D eigenvalue weighted by Gasteiger charge is 2.15. The summed E-state index contributed by atoms with van der Waals surface area (Å²) in [5.74, 6) is 0.761.